The van der Waals surface area contributed by atoms with E-state index >= 15 is 0 Å². The van der Waals surface area contributed by atoms with Crippen LogP contribution < -0.4 is 21.3 Å². The summed E-state index contributed by atoms with van der Waals surface area (Å²) in [5.74, 6) is -2.93. The zero-order valence-corrected chi connectivity index (χ0v) is 30.6. The SMILES string of the molecule is CCOOCC1Nc2ccc(C3C(O)C(c4ccc5c6c(cccc46)NC(C(=O)OCC)C(C(=O)OCC)N5)C3O)c3cccc(c23)NC1C(=O)OCC. The maximum atomic E-state index is 13.1. The van der Waals surface area contributed by atoms with Gasteiger partial charge in [0, 0.05) is 45.4 Å². The van der Waals surface area contributed by atoms with Crippen LogP contribution in [0, 0.1) is 0 Å². The molecule has 0 amide bonds. The van der Waals surface area contributed by atoms with Crippen molar-refractivity contribution >= 4 is 62.2 Å². The molecule has 6 N–H and O–H groups in total. The van der Waals surface area contributed by atoms with E-state index in [1.54, 1.807) is 33.8 Å². The van der Waals surface area contributed by atoms with Crippen molar-refractivity contribution in [3.05, 3.63) is 71.8 Å². The fraction of sp³-hybridized carbons (Fsp3) is 0.425. The quantitative estimate of drug-likeness (QED) is 0.0394. The number of ether oxygens (including phenoxy) is 3. The lowest BCUT2D eigenvalue weighted by atomic mass is 9.62. The molecule has 2 aliphatic heterocycles. The maximum Gasteiger partial charge on any atom is 0.331 e. The molecule has 6 unspecified atom stereocenters. The Labute approximate surface area is 312 Å². The maximum absolute atomic E-state index is 13.1. The smallest absolute Gasteiger partial charge is 0.331 e. The van der Waals surface area contributed by atoms with Gasteiger partial charge in [0.25, 0.3) is 0 Å². The van der Waals surface area contributed by atoms with Crippen molar-refractivity contribution in [1.82, 2.24) is 0 Å². The number of carbonyl (C=O) groups is 3. The molecule has 14 nitrogen and oxygen atoms in total. The van der Waals surface area contributed by atoms with E-state index in [0.29, 0.717) is 29.1 Å². The number of hydrogen-bond donors (Lipinski definition) is 6. The first-order valence-electron chi connectivity index (χ1n) is 18.5. The first kappa shape index (κ1) is 37.2. The molecule has 286 valence electrons. The molecule has 4 aromatic rings. The lowest BCUT2D eigenvalue weighted by Crippen LogP contribution is -2.51. The van der Waals surface area contributed by atoms with Crippen molar-refractivity contribution in [3.63, 3.8) is 0 Å². The number of carbonyl (C=O) groups excluding carboxylic acids is 3. The number of anilines is 4. The van der Waals surface area contributed by atoms with Gasteiger partial charge in [0.15, 0.2) is 12.1 Å². The van der Waals surface area contributed by atoms with Crippen LogP contribution in [0.5, 0.6) is 0 Å². The van der Waals surface area contributed by atoms with E-state index < -0.39 is 66.1 Å². The highest BCUT2D eigenvalue weighted by molar-refractivity contribution is 6.09. The topological polar surface area (TPSA) is 186 Å². The Bertz CT molecular complexity index is 2020. The summed E-state index contributed by atoms with van der Waals surface area (Å²) in [5, 5.41) is 40.2. The van der Waals surface area contributed by atoms with Crippen LogP contribution in [0.25, 0.3) is 21.5 Å². The lowest BCUT2D eigenvalue weighted by molar-refractivity contribution is -0.292. The van der Waals surface area contributed by atoms with Crippen LogP contribution in [-0.4, -0.2) is 97.5 Å². The fourth-order valence-electron chi connectivity index (χ4n) is 8.07. The van der Waals surface area contributed by atoms with Crippen molar-refractivity contribution in [1.29, 1.82) is 0 Å². The van der Waals surface area contributed by atoms with Gasteiger partial charge < -0.3 is 45.7 Å². The van der Waals surface area contributed by atoms with Crippen LogP contribution >= 0.6 is 0 Å². The van der Waals surface area contributed by atoms with Crippen molar-refractivity contribution < 1.29 is 48.6 Å². The average molecular weight is 743 g/mol. The normalized spacial score (nSPS) is 25.4. The predicted molar refractivity (Wildman–Crippen MR) is 203 cm³/mol. The molecule has 3 aliphatic rings. The lowest BCUT2D eigenvalue weighted by Gasteiger charge is -2.48. The van der Waals surface area contributed by atoms with Crippen LogP contribution in [0.3, 0.4) is 0 Å². The van der Waals surface area contributed by atoms with Gasteiger partial charge in [0.05, 0.1) is 44.7 Å². The van der Waals surface area contributed by atoms with Crippen LogP contribution in [0.15, 0.2) is 60.7 Å². The second kappa shape index (κ2) is 15.7. The molecule has 0 radical (unpaired) electrons. The van der Waals surface area contributed by atoms with E-state index in [1.807, 2.05) is 54.6 Å². The van der Waals surface area contributed by atoms with Crippen molar-refractivity contribution in [2.24, 2.45) is 0 Å². The second-order valence-electron chi connectivity index (χ2n) is 13.5. The molecule has 2 heterocycles. The number of rotatable bonds is 12. The fourth-order valence-corrected chi connectivity index (χ4v) is 8.07. The van der Waals surface area contributed by atoms with E-state index in [-0.39, 0.29) is 26.4 Å². The Kier molecular flexibility index (Phi) is 10.8. The van der Waals surface area contributed by atoms with Gasteiger partial charge in [-0.05, 0) is 73.9 Å². The molecular formula is C40H46N4O10. The second-order valence-corrected chi connectivity index (χ2v) is 13.5. The van der Waals surface area contributed by atoms with Crippen LogP contribution in [0.1, 0.15) is 50.7 Å². The summed E-state index contributed by atoms with van der Waals surface area (Å²) in [6.07, 6.45) is -1.93. The number of benzene rings is 4. The van der Waals surface area contributed by atoms with Gasteiger partial charge in [0.1, 0.15) is 12.6 Å². The first-order chi connectivity index (χ1) is 26.2. The molecule has 1 aliphatic carbocycles. The Morgan fingerprint density at radius 2 is 0.963 bits per heavy atom. The molecule has 54 heavy (non-hydrogen) atoms. The van der Waals surface area contributed by atoms with E-state index in [4.69, 9.17) is 24.0 Å². The van der Waals surface area contributed by atoms with E-state index in [1.165, 1.54) is 0 Å². The first-order valence-corrected chi connectivity index (χ1v) is 18.5. The van der Waals surface area contributed by atoms with Crippen LogP contribution in [0.4, 0.5) is 22.7 Å². The Balaban J connectivity index is 1.23. The number of esters is 3. The summed E-state index contributed by atoms with van der Waals surface area (Å²) in [4.78, 5) is 49.9. The van der Waals surface area contributed by atoms with E-state index in [0.717, 1.165) is 33.0 Å². The Morgan fingerprint density at radius 1 is 0.537 bits per heavy atom. The summed E-state index contributed by atoms with van der Waals surface area (Å²) >= 11 is 0. The molecule has 6 atom stereocenters. The van der Waals surface area contributed by atoms with Gasteiger partial charge in [-0.25, -0.2) is 24.2 Å². The largest absolute Gasteiger partial charge is 0.464 e. The Morgan fingerprint density at radius 3 is 1.43 bits per heavy atom. The number of aliphatic hydroxyl groups excluding tert-OH is 2. The third kappa shape index (κ3) is 6.53. The molecule has 0 aromatic heterocycles. The standard InChI is InChI=1S/C40H46N4O10/c1-5-50-38(47)33-28(19-54-53-8-4)41-26-17-15-22(20-11-9-13-24(42-33)29(20)26)31-36(45)32(37(31)46)23-16-18-27-30-21(23)12-10-14-25(30)43-34(39(48)51-6-2)35(44-27)40(49)52-7-3/h9-18,28,31-37,41-46H,5-8,19H2,1-4H3. The minimum atomic E-state index is -1.07. The van der Waals surface area contributed by atoms with Gasteiger partial charge in [0.2, 0.25) is 0 Å². The third-order valence-corrected chi connectivity index (χ3v) is 10.4. The third-order valence-electron chi connectivity index (χ3n) is 10.4. The van der Waals surface area contributed by atoms with Crippen LogP contribution in [-0.2, 0) is 38.4 Å². The molecule has 7 rings (SSSR count). The van der Waals surface area contributed by atoms with E-state index in [9.17, 15) is 24.6 Å². The van der Waals surface area contributed by atoms with Gasteiger partial charge in [-0.15, -0.1) is 0 Å². The minimum absolute atomic E-state index is 0.0652. The summed E-state index contributed by atoms with van der Waals surface area (Å²) in [5.41, 5.74) is 4.09. The molecule has 1 fully saturated rings. The van der Waals surface area contributed by atoms with Crippen molar-refractivity contribution in [2.75, 3.05) is 54.3 Å². The predicted octanol–water partition coefficient (Wildman–Crippen LogP) is 4.40. The molecule has 0 saturated heterocycles. The highest BCUT2D eigenvalue weighted by Gasteiger charge is 2.52. The van der Waals surface area contributed by atoms with Gasteiger partial charge in [-0.2, -0.15) is 0 Å². The molecule has 0 bridgehead atoms. The molecule has 4 aromatic carbocycles. The molecule has 0 spiro atoms. The average Bonchev–Trinajstić information content (AvgIpc) is 3.44. The zero-order chi connectivity index (χ0) is 38.1. The molecular weight excluding hydrogens is 696 g/mol. The number of aliphatic hydroxyl groups is 2. The number of hydrogen-bond acceptors (Lipinski definition) is 14. The van der Waals surface area contributed by atoms with Gasteiger partial charge in [-0.3, -0.25) is 0 Å². The summed E-state index contributed by atoms with van der Waals surface area (Å²) in [7, 11) is 0. The summed E-state index contributed by atoms with van der Waals surface area (Å²) in [6, 6.07) is 15.2. The van der Waals surface area contributed by atoms with Gasteiger partial charge in [-0.1, -0.05) is 36.4 Å². The zero-order valence-electron chi connectivity index (χ0n) is 30.6. The molecule has 14 heteroatoms. The Hall–Kier alpha value is -5.15. The minimum Gasteiger partial charge on any atom is -0.464 e. The highest BCUT2D eigenvalue weighted by Crippen LogP contribution is 2.53. The van der Waals surface area contributed by atoms with Gasteiger partial charge >= 0.3 is 17.9 Å². The van der Waals surface area contributed by atoms with Crippen LogP contribution in [0.2, 0.25) is 0 Å². The summed E-state index contributed by atoms with van der Waals surface area (Å²) in [6.45, 7) is 7.85. The van der Waals surface area contributed by atoms with Crippen molar-refractivity contribution in [2.45, 2.75) is 75.9 Å². The monoisotopic (exact) mass is 742 g/mol. The number of nitrogens with one attached hydrogen (secondary N) is 4. The molecule has 1 saturated carbocycles. The van der Waals surface area contributed by atoms with Crippen molar-refractivity contribution in [3.8, 4) is 0 Å². The van der Waals surface area contributed by atoms with E-state index in [2.05, 4.69) is 21.3 Å². The summed E-state index contributed by atoms with van der Waals surface area (Å²) < 4.78 is 16.0. The highest BCUT2D eigenvalue weighted by atomic mass is 17.2.